The fourth-order valence-corrected chi connectivity index (χ4v) is 4.92. The van der Waals surface area contributed by atoms with Crippen LogP contribution in [0.4, 0.5) is 0 Å². The van der Waals surface area contributed by atoms with Crippen molar-refractivity contribution in [2.75, 3.05) is 0 Å². The van der Waals surface area contributed by atoms with E-state index >= 15 is 0 Å². The van der Waals surface area contributed by atoms with Crippen LogP contribution in [0.2, 0.25) is 0 Å². The minimum Gasteiger partial charge on any atom is -0.462 e. The van der Waals surface area contributed by atoms with Gasteiger partial charge >= 0.3 is 5.97 Å². The van der Waals surface area contributed by atoms with Crippen molar-refractivity contribution in [2.45, 2.75) is 116 Å². The van der Waals surface area contributed by atoms with Crippen LogP contribution in [0.3, 0.4) is 0 Å². The van der Waals surface area contributed by atoms with Crippen molar-refractivity contribution in [3.8, 4) is 6.07 Å². The largest absolute Gasteiger partial charge is 0.462 e. The maximum atomic E-state index is 12.6. The maximum Gasteiger partial charge on any atom is 0.309 e. The molecule has 0 unspecified atom stereocenters. The van der Waals surface area contributed by atoms with Crippen molar-refractivity contribution in [2.24, 2.45) is 17.3 Å². The van der Waals surface area contributed by atoms with Crippen LogP contribution in [0.1, 0.15) is 110 Å². The van der Waals surface area contributed by atoms with Crippen molar-refractivity contribution in [3.63, 3.8) is 0 Å². The van der Waals surface area contributed by atoms with Crippen LogP contribution in [0.15, 0.2) is 0 Å². The van der Waals surface area contributed by atoms with Crippen LogP contribution in [0.25, 0.3) is 0 Å². The summed E-state index contributed by atoms with van der Waals surface area (Å²) in [6.45, 7) is 4.47. The molecule has 2 aliphatic carbocycles. The van der Waals surface area contributed by atoms with Crippen molar-refractivity contribution in [3.05, 3.63) is 0 Å². The molecule has 0 aromatic heterocycles. The molecule has 2 saturated carbocycles. The third-order valence-corrected chi connectivity index (χ3v) is 6.80. The number of esters is 1. The Morgan fingerprint density at radius 1 is 1.00 bits per heavy atom. The van der Waals surface area contributed by atoms with Gasteiger partial charge in [0.05, 0.1) is 17.4 Å². The Bertz CT molecular complexity index is 451. The molecule has 2 rings (SSSR count). The Kier molecular flexibility index (Phi) is 8.96. The van der Waals surface area contributed by atoms with Crippen LogP contribution >= 0.6 is 0 Å². The first kappa shape index (κ1) is 21.3. The van der Waals surface area contributed by atoms with E-state index in [9.17, 15) is 10.1 Å². The molecule has 3 heteroatoms. The second-order valence-electron chi connectivity index (χ2n) is 8.85. The fraction of sp³-hybridized carbons (Fsp3) is 0.913. The lowest BCUT2D eigenvalue weighted by molar-refractivity contribution is -0.157. The van der Waals surface area contributed by atoms with Crippen molar-refractivity contribution < 1.29 is 9.53 Å². The molecule has 0 atom stereocenters. The summed E-state index contributed by atoms with van der Waals surface area (Å²) in [4.78, 5) is 12.6. The molecule has 0 saturated heterocycles. The number of nitriles is 1. The molecule has 0 spiro atoms. The van der Waals surface area contributed by atoms with E-state index in [0.29, 0.717) is 0 Å². The summed E-state index contributed by atoms with van der Waals surface area (Å²) in [6.07, 6.45) is 16.5. The highest BCUT2D eigenvalue weighted by Gasteiger charge is 2.38. The summed E-state index contributed by atoms with van der Waals surface area (Å²) in [7, 11) is 0. The lowest BCUT2D eigenvalue weighted by Gasteiger charge is -2.35. The molecule has 26 heavy (non-hydrogen) atoms. The Morgan fingerprint density at radius 3 is 2.27 bits per heavy atom. The van der Waals surface area contributed by atoms with Gasteiger partial charge in [0.25, 0.3) is 0 Å². The molecule has 0 bridgehead atoms. The van der Waals surface area contributed by atoms with Gasteiger partial charge in [-0.2, -0.15) is 5.26 Å². The molecule has 0 heterocycles. The van der Waals surface area contributed by atoms with Crippen LogP contribution in [0, 0.1) is 28.6 Å². The topological polar surface area (TPSA) is 50.1 Å². The Morgan fingerprint density at radius 2 is 1.69 bits per heavy atom. The normalized spacial score (nSPS) is 32.0. The number of hydrogen-bond acceptors (Lipinski definition) is 3. The number of carbonyl (C=O) groups is 1. The van der Waals surface area contributed by atoms with Gasteiger partial charge in [0.15, 0.2) is 0 Å². The van der Waals surface area contributed by atoms with Gasteiger partial charge in [-0.3, -0.25) is 4.79 Å². The molecule has 0 N–H and O–H groups in total. The molecule has 0 radical (unpaired) electrons. The first-order valence-corrected chi connectivity index (χ1v) is 11.2. The Labute approximate surface area is 160 Å². The lowest BCUT2D eigenvalue weighted by Crippen LogP contribution is -2.33. The highest BCUT2D eigenvalue weighted by atomic mass is 16.5. The summed E-state index contributed by atoms with van der Waals surface area (Å²) in [6, 6.07) is 2.60. The van der Waals surface area contributed by atoms with Crippen molar-refractivity contribution in [1.82, 2.24) is 0 Å². The number of ether oxygens (including phenoxy) is 1. The van der Waals surface area contributed by atoms with Crippen LogP contribution in [0.5, 0.6) is 0 Å². The van der Waals surface area contributed by atoms with Crippen LogP contribution in [-0.4, -0.2) is 12.1 Å². The van der Waals surface area contributed by atoms with E-state index in [1.165, 1.54) is 44.9 Å². The quantitative estimate of drug-likeness (QED) is 0.345. The van der Waals surface area contributed by atoms with E-state index in [0.717, 1.165) is 57.3 Å². The molecule has 2 fully saturated rings. The van der Waals surface area contributed by atoms with E-state index < -0.39 is 0 Å². The van der Waals surface area contributed by atoms with Crippen molar-refractivity contribution in [1.29, 1.82) is 5.26 Å². The first-order valence-electron chi connectivity index (χ1n) is 11.2. The monoisotopic (exact) mass is 361 g/mol. The molecule has 0 aromatic carbocycles. The number of carbonyl (C=O) groups excluding carboxylic acids is 1. The molecule has 3 nitrogen and oxygen atoms in total. The predicted molar refractivity (Wildman–Crippen MR) is 106 cm³/mol. The van der Waals surface area contributed by atoms with E-state index in [1.807, 2.05) is 0 Å². The maximum absolute atomic E-state index is 12.6. The Hall–Kier alpha value is -1.04. The zero-order valence-electron chi connectivity index (χ0n) is 17.1. The summed E-state index contributed by atoms with van der Waals surface area (Å²) >= 11 is 0. The zero-order valence-corrected chi connectivity index (χ0v) is 17.1. The van der Waals surface area contributed by atoms with Gasteiger partial charge in [0.1, 0.15) is 6.10 Å². The Balaban J connectivity index is 1.71. The summed E-state index contributed by atoms with van der Waals surface area (Å²) in [5.41, 5.74) is -0.178. The number of unbranched alkanes of at least 4 members (excludes halogenated alkanes) is 3. The lowest BCUT2D eigenvalue weighted by atomic mass is 9.69. The predicted octanol–water partition coefficient (Wildman–Crippen LogP) is 6.56. The van der Waals surface area contributed by atoms with Crippen LogP contribution < -0.4 is 0 Å². The molecule has 0 aliphatic heterocycles. The molecular formula is C23H39NO2. The SMILES string of the molecule is CCCCCC[C@]1(C#N)CC[C@H](C(=O)OC2CCC(CCC)CC2)CC1. The summed E-state index contributed by atoms with van der Waals surface area (Å²) in [5.74, 6) is 0.885. The second kappa shape index (κ2) is 11.0. The van der Waals surface area contributed by atoms with E-state index in [4.69, 9.17) is 4.74 Å². The highest BCUT2D eigenvalue weighted by molar-refractivity contribution is 5.72. The van der Waals surface area contributed by atoms with Crippen LogP contribution in [-0.2, 0) is 9.53 Å². The zero-order chi connectivity index (χ0) is 18.8. The van der Waals surface area contributed by atoms with Gasteiger partial charge < -0.3 is 4.74 Å². The summed E-state index contributed by atoms with van der Waals surface area (Å²) < 4.78 is 5.85. The van der Waals surface area contributed by atoms with Crippen molar-refractivity contribution >= 4 is 5.97 Å². The number of rotatable bonds is 9. The smallest absolute Gasteiger partial charge is 0.309 e. The van der Waals surface area contributed by atoms with Gasteiger partial charge in [0, 0.05) is 0 Å². The van der Waals surface area contributed by atoms with Gasteiger partial charge in [-0.1, -0.05) is 52.4 Å². The first-order chi connectivity index (χ1) is 12.6. The van der Waals surface area contributed by atoms with Gasteiger partial charge in [-0.05, 0) is 63.7 Å². The number of nitrogens with zero attached hydrogens (tertiary/aromatic N) is 1. The average Bonchev–Trinajstić information content (AvgIpc) is 2.67. The molecule has 0 aromatic rings. The highest BCUT2D eigenvalue weighted by Crippen LogP contribution is 2.43. The second-order valence-corrected chi connectivity index (χ2v) is 8.85. The minimum absolute atomic E-state index is 0.0152. The molecule has 2 aliphatic rings. The van der Waals surface area contributed by atoms with E-state index in [-0.39, 0.29) is 23.4 Å². The van der Waals surface area contributed by atoms with E-state index in [2.05, 4.69) is 19.9 Å². The van der Waals surface area contributed by atoms with Gasteiger partial charge in [0.2, 0.25) is 0 Å². The molecule has 0 amide bonds. The standard InChI is InChI=1S/C23H39NO2/c1-3-5-6-7-15-23(18-24)16-13-20(14-17-23)22(25)26-21-11-9-19(8-4-2)10-12-21/h19-21H,3-17H2,1-2H3/t19?,20-,21?,23-. The minimum atomic E-state index is -0.178. The van der Waals surface area contributed by atoms with Gasteiger partial charge in [-0.15, -0.1) is 0 Å². The summed E-state index contributed by atoms with van der Waals surface area (Å²) in [5, 5.41) is 9.69. The third-order valence-electron chi connectivity index (χ3n) is 6.80. The van der Waals surface area contributed by atoms with Gasteiger partial charge in [-0.25, -0.2) is 0 Å². The molecule has 148 valence electrons. The average molecular weight is 362 g/mol. The third kappa shape index (κ3) is 6.29. The fourth-order valence-electron chi connectivity index (χ4n) is 4.92. The number of hydrogen-bond donors (Lipinski definition) is 0. The molecular weight excluding hydrogens is 322 g/mol. The van der Waals surface area contributed by atoms with E-state index in [1.54, 1.807) is 0 Å².